The molecular formula is C23H23N5O2. The molecule has 1 amide bonds. The van der Waals surface area contributed by atoms with Gasteiger partial charge in [-0.1, -0.05) is 29.4 Å². The van der Waals surface area contributed by atoms with Crippen molar-refractivity contribution in [2.45, 2.75) is 33.7 Å². The lowest BCUT2D eigenvalue weighted by Crippen LogP contribution is -2.26. The van der Waals surface area contributed by atoms with E-state index in [-0.39, 0.29) is 5.91 Å². The summed E-state index contributed by atoms with van der Waals surface area (Å²) in [5.74, 6) is 0.673. The Labute approximate surface area is 174 Å². The van der Waals surface area contributed by atoms with E-state index in [4.69, 9.17) is 9.62 Å². The fourth-order valence-electron chi connectivity index (χ4n) is 3.28. The second-order valence-electron chi connectivity index (χ2n) is 7.48. The second kappa shape index (κ2) is 7.59. The first-order chi connectivity index (χ1) is 14.3. The lowest BCUT2D eigenvalue weighted by molar-refractivity contribution is 0.0932. The Hall–Kier alpha value is -3.74. The quantitative estimate of drug-likeness (QED) is 0.530. The zero-order valence-corrected chi connectivity index (χ0v) is 17.4. The number of fused-ring (bicyclic) bond motifs is 1. The highest BCUT2D eigenvalue weighted by Gasteiger charge is 2.19. The summed E-state index contributed by atoms with van der Waals surface area (Å²) < 4.78 is 7.00. The first kappa shape index (κ1) is 19.6. The molecule has 7 heteroatoms. The van der Waals surface area contributed by atoms with Crippen LogP contribution >= 0.6 is 0 Å². The highest BCUT2D eigenvalue weighted by molar-refractivity contribution is 6.00. The highest BCUT2D eigenvalue weighted by Crippen LogP contribution is 2.27. The van der Waals surface area contributed by atoms with Gasteiger partial charge in [-0.15, -0.1) is 0 Å². The molecule has 0 unspecified atom stereocenters. The number of nitrogens with one attached hydrogen (secondary N) is 1. The average molecular weight is 401 g/mol. The summed E-state index contributed by atoms with van der Waals surface area (Å²) in [6.07, 6.45) is 0. The van der Waals surface area contributed by atoms with Crippen LogP contribution in [0.5, 0.6) is 0 Å². The number of allylic oxidation sites excluding steroid dienone is 1. The standard InChI is InChI=1S/C23H23N5O2/c1-13(2)21-19-11-8-17(22(29)24-15(4)23-25-16(5)27-30-23)12-20(19)28(26-21)18-9-6-14(3)7-10-18/h6-12,15H,1H2,2-5H3,(H,24,29)/t15-/m1/s1. The van der Waals surface area contributed by atoms with Gasteiger partial charge in [0.25, 0.3) is 5.91 Å². The maximum atomic E-state index is 12.9. The van der Waals surface area contributed by atoms with E-state index in [9.17, 15) is 4.79 Å². The van der Waals surface area contributed by atoms with E-state index in [1.54, 1.807) is 19.9 Å². The fourth-order valence-corrected chi connectivity index (χ4v) is 3.28. The molecule has 0 saturated heterocycles. The molecule has 30 heavy (non-hydrogen) atoms. The van der Waals surface area contributed by atoms with Gasteiger partial charge in [0, 0.05) is 10.9 Å². The smallest absolute Gasteiger partial charge is 0.251 e. The number of nitrogens with zero attached hydrogens (tertiary/aromatic N) is 4. The third-order valence-corrected chi connectivity index (χ3v) is 4.89. The van der Waals surface area contributed by atoms with E-state index in [0.717, 1.165) is 27.9 Å². The summed E-state index contributed by atoms with van der Waals surface area (Å²) in [7, 11) is 0. The van der Waals surface area contributed by atoms with Crippen LogP contribution in [0.1, 0.15) is 53.2 Å². The number of carbonyl (C=O) groups is 1. The lowest BCUT2D eigenvalue weighted by Gasteiger charge is -2.10. The number of hydrogen-bond donors (Lipinski definition) is 1. The van der Waals surface area contributed by atoms with Crippen molar-refractivity contribution in [3.8, 4) is 5.69 Å². The Bertz CT molecular complexity index is 1250. The van der Waals surface area contributed by atoms with E-state index in [1.165, 1.54) is 5.56 Å². The first-order valence-electron chi connectivity index (χ1n) is 9.70. The summed E-state index contributed by atoms with van der Waals surface area (Å²) in [5, 5.41) is 12.4. The van der Waals surface area contributed by atoms with Gasteiger partial charge in [-0.3, -0.25) is 4.79 Å². The molecule has 2 aromatic carbocycles. The SMILES string of the molecule is C=C(C)c1nn(-c2ccc(C)cc2)c2cc(C(=O)N[C@H](C)c3nc(C)no3)ccc12. The maximum absolute atomic E-state index is 12.9. The van der Waals surface area contributed by atoms with Crippen LogP contribution in [-0.4, -0.2) is 25.8 Å². The topological polar surface area (TPSA) is 85.8 Å². The molecule has 1 atom stereocenters. The van der Waals surface area contributed by atoms with Crippen LogP contribution < -0.4 is 5.32 Å². The average Bonchev–Trinajstić information content (AvgIpc) is 3.32. The number of aryl methyl sites for hydroxylation is 2. The highest BCUT2D eigenvalue weighted by atomic mass is 16.5. The largest absolute Gasteiger partial charge is 0.341 e. The third kappa shape index (κ3) is 3.61. The molecule has 4 aromatic rings. The Morgan fingerprint density at radius 3 is 2.53 bits per heavy atom. The summed E-state index contributed by atoms with van der Waals surface area (Å²) >= 11 is 0. The van der Waals surface area contributed by atoms with Gasteiger partial charge < -0.3 is 9.84 Å². The molecule has 0 aliphatic carbocycles. The number of carbonyl (C=O) groups excluding carboxylic acids is 1. The Morgan fingerprint density at radius 2 is 1.90 bits per heavy atom. The van der Waals surface area contributed by atoms with Gasteiger partial charge in [0.05, 0.1) is 16.9 Å². The van der Waals surface area contributed by atoms with Crippen LogP contribution in [0.25, 0.3) is 22.2 Å². The monoisotopic (exact) mass is 401 g/mol. The molecule has 4 rings (SSSR count). The molecule has 0 bridgehead atoms. The number of benzene rings is 2. The van der Waals surface area contributed by atoms with Crippen LogP contribution in [-0.2, 0) is 0 Å². The van der Waals surface area contributed by atoms with Gasteiger partial charge in [0.1, 0.15) is 6.04 Å². The van der Waals surface area contributed by atoms with Gasteiger partial charge in [0.15, 0.2) is 5.82 Å². The molecule has 0 aliphatic rings. The van der Waals surface area contributed by atoms with Crippen molar-refractivity contribution < 1.29 is 9.32 Å². The van der Waals surface area contributed by atoms with Gasteiger partial charge in [-0.05, 0) is 63.6 Å². The van der Waals surface area contributed by atoms with Crippen molar-refractivity contribution in [1.82, 2.24) is 25.2 Å². The van der Waals surface area contributed by atoms with Crippen molar-refractivity contribution in [2.24, 2.45) is 0 Å². The summed E-state index contributed by atoms with van der Waals surface area (Å²) in [4.78, 5) is 17.0. The maximum Gasteiger partial charge on any atom is 0.251 e. The van der Waals surface area contributed by atoms with Gasteiger partial charge in [-0.2, -0.15) is 10.1 Å². The van der Waals surface area contributed by atoms with E-state index < -0.39 is 6.04 Å². The van der Waals surface area contributed by atoms with E-state index in [0.29, 0.717) is 17.3 Å². The molecule has 152 valence electrons. The van der Waals surface area contributed by atoms with Gasteiger partial charge in [-0.25, -0.2) is 4.68 Å². The Kier molecular flexibility index (Phi) is 4.95. The summed E-state index contributed by atoms with van der Waals surface area (Å²) in [6.45, 7) is 11.6. The molecule has 0 saturated carbocycles. The van der Waals surface area contributed by atoms with Crippen molar-refractivity contribution in [3.63, 3.8) is 0 Å². The van der Waals surface area contributed by atoms with Crippen LogP contribution in [0.15, 0.2) is 53.6 Å². The number of hydrogen-bond acceptors (Lipinski definition) is 5. The number of amides is 1. The minimum Gasteiger partial charge on any atom is -0.341 e. The summed E-state index contributed by atoms with van der Waals surface area (Å²) in [6, 6.07) is 13.2. The minimum absolute atomic E-state index is 0.228. The molecule has 0 radical (unpaired) electrons. The van der Waals surface area contributed by atoms with Gasteiger partial charge in [0.2, 0.25) is 5.89 Å². The molecule has 2 aromatic heterocycles. The lowest BCUT2D eigenvalue weighted by atomic mass is 10.1. The normalized spacial score (nSPS) is 12.1. The van der Waals surface area contributed by atoms with Crippen LogP contribution in [0.2, 0.25) is 0 Å². The summed E-state index contributed by atoms with van der Waals surface area (Å²) in [5.41, 5.74) is 5.12. The van der Waals surface area contributed by atoms with Crippen molar-refractivity contribution in [1.29, 1.82) is 0 Å². The third-order valence-electron chi connectivity index (χ3n) is 4.89. The first-order valence-corrected chi connectivity index (χ1v) is 9.70. The second-order valence-corrected chi connectivity index (χ2v) is 7.48. The fraction of sp³-hybridized carbons (Fsp3) is 0.217. The zero-order chi connectivity index (χ0) is 21.4. The minimum atomic E-state index is -0.401. The van der Waals surface area contributed by atoms with Crippen molar-refractivity contribution in [3.05, 3.63) is 77.6 Å². The van der Waals surface area contributed by atoms with E-state index in [1.807, 2.05) is 54.9 Å². The molecule has 2 heterocycles. The van der Waals surface area contributed by atoms with Crippen LogP contribution in [0.4, 0.5) is 0 Å². The van der Waals surface area contributed by atoms with Crippen molar-refractivity contribution >= 4 is 22.4 Å². The van der Waals surface area contributed by atoms with Crippen LogP contribution in [0.3, 0.4) is 0 Å². The molecule has 0 aliphatic heterocycles. The molecule has 0 spiro atoms. The predicted octanol–water partition coefficient (Wildman–Crippen LogP) is 4.55. The Balaban J connectivity index is 1.73. The van der Waals surface area contributed by atoms with Gasteiger partial charge >= 0.3 is 0 Å². The molecule has 0 fully saturated rings. The molecule has 1 N–H and O–H groups in total. The van der Waals surface area contributed by atoms with Crippen LogP contribution in [0, 0.1) is 13.8 Å². The van der Waals surface area contributed by atoms with Crippen molar-refractivity contribution in [2.75, 3.05) is 0 Å². The van der Waals surface area contributed by atoms with E-state index in [2.05, 4.69) is 22.0 Å². The van der Waals surface area contributed by atoms with E-state index >= 15 is 0 Å². The number of rotatable bonds is 5. The predicted molar refractivity (Wildman–Crippen MR) is 115 cm³/mol. The molecule has 7 nitrogen and oxygen atoms in total. The zero-order valence-electron chi connectivity index (χ0n) is 17.4. The molecular weight excluding hydrogens is 378 g/mol. The number of aromatic nitrogens is 4. The Morgan fingerprint density at radius 1 is 1.17 bits per heavy atom.